The second kappa shape index (κ2) is 7.38. The van der Waals surface area contributed by atoms with Gasteiger partial charge in [0.05, 0.1) is 16.8 Å². The molecular weight excluding hydrogens is 374 g/mol. The fourth-order valence-corrected chi connectivity index (χ4v) is 3.41. The lowest BCUT2D eigenvalue weighted by Gasteiger charge is -2.26. The van der Waals surface area contributed by atoms with Crippen LogP contribution in [-0.2, 0) is 9.59 Å². The number of imide groups is 1. The maximum absolute atomic E-state index is 12.3. The molecule has 0 unspecified atom stereocenters. The molecule has 2 aromatic rings. The minimum Gasteiger partial charge on any atom is -0.482 e. The Morgan fingerprint density at radius 3 is 2.45 bits per heavy atom. The molecular formula is C21H19N3O5. The highest BCUT2D eigenvalue weighted by atomic mass is 16.5. The molecule has 0 radical (unpaired) electrons. The highest BCUT2D eigenvalue weighted by Crippen LogP contribution is 2.33. The van der Waals surface area contributed by atoms with Gasteiger partial charge in [0.25, 0.3) is 17.7 Å². The number of likely N-dealkylation sites (N-methyl/N-ethyl adjacent to an activating group) is 1. The van der Waals surface area contributed by atoms with Crippen molar-refractivity contribution in [2.45, 2.75) is 12.8 Å². The Bertz CT molecular complexity index is 998. The van der Waals surface area contributed by atoms with Gasteiger partial charge in [0.15, 0.2) is 6.61 Å². The van der Waals surface area contributed by atoms with E-state index in [1.54, 1.807) is 49.5 Å². The minimum atomic E-state index is -0.326. The maximum Gasteiger partial charge on any atom is 0.264 e. The van der Waals surface area contributed by atoms with E-state index in [1.807, 2.05) is 0 Å². The van der Waals surface area contributed by atoms with Crippen LogP contribution in [0.25, 0.3) is 0 Å². The van der Waals surface area contributed by atoms with Crippen LogP contribution in [0.5, 0.6) is 5.75 Å². The van der Waals surface area contributed by atoms with Gasteiger partial charge in [-0.3, -0.25) is 24.1 Å². The van der Waals surface area contributed by atoms with Crippen LogP contribution in [0.2, 0.25) is 0 Å². The largest absolute Gasteiger partial charge is 0.482 e. The molecule has 148 valence electrons. The zero-order chi connectivity index (χ0) is 20.5. The number of ether oxygens (including phenoxy) is 1. The van der Waals surface area contributed by atoms with Crippen molar-refractivity contribution in [3.05, 3.63) is 53.6 Å². The average Bonchev–Trinajstić information content (AvgIpc) is 2.96. The Kier molecular flexibility index (Phi) is 4.75. The van der Waals surface area contributed by atoms with E-state index in [0.29, 0.717) is 34.7 Å². The number of nitrogens with zero attached hydrogens (tertiary/aromatic N) is 2. The van der Waals surface area contributed by atoms with Gasteiger partial charge in [0.1, 0.15) is 5.75 Å². The van der Waals surface area contributed by atoms with E-state index in [2.05, 4.69) is 5.32 Å². The van der Waals surface area contributed by atoms with Crippen LogP contribution in [0.1, 0.15) is 33.6 Å². The molecule has 2 aromatic carbocycles. The van der Waals surface area contributed by atoms with Gasteiger partial charge in [-0.05, 0) is 36.8 Å². The predicted octanol–water partition coefficient (Wildman–Crippen LogP) is 2.06. The van der Waals surface area contributed by atoms with Gasteiger partial charge in [-0.25, -0.2) is 0 Å². The molecule has 8 heteroatoms. The molecule has 8 nitrogen and oxygen atoms in total. The number of nitrogens with one attached hydrogen (secondary N) is 1. The smallest absolute Gasteiger partial charge is 0.264 e. The van der Waals surface area contributed by atoms with E-state index < -0.39 is 0 Å². The molecule has 0 spiro atoms. The van der Waals surface area contributed by atoms with Crippen LogP contribution in [0.15, 0.2) is 42.5 Å². The first kappa shape index (κ1) is 18.7. The van der Waals surface area contributed by atoms with Gasteiger partial charge in [0.2, 0.25) is 5.91 Å². The first-order valence-corrected chi connectivity index (χ1v) is 9.24. The quantitative estimate of drug-likeness (QED) is 0.785. The minimum absolute atomic E-state index is 0.00693. The summed E-state index contributed by atoms with van der Waals surface area (Å²) in [4.78, 5) is 51.3. The summed E-state index contributed by atoms with van der Waals surface area (Å²) in [6.07, 6.45) is 0.500. The Morgan fingerprint density at radius 1 is 1.07 bits per heavy atom. The maximum atomic E-state index is 12.3. The van der Waals surface area contributed by atoms with Gasteiger partial charge in [0, 0.05) is 25.7 Å². The standard InChI is InChI=1S/C21H19N3O5/c1-23-16-11-13(8-9-17(16)29-12-19(23)26)22-18(25)7-4-10-24-20(27)14-5-2-3-6-15(14)21(24)28/h2-3,5-6,8-9,11H,4,7,10,12H2,1H3,(H,22,25). The van der Waals surface area contributed by atoms with Crippen molar-refractivity contribution in [3.63, 3.8) is 0 Å². The van der Waals surface area contributed by atoms with Crippen LogP contribution in [-0.4, -0.2) is 48.7 Å². The predicted molar refractivity (Wildman–Crippen MR) is 105 cm³/mol. The summed E-state index contributed by atoms with van der Waals surface area (Å²) in [5.41, 5.74) is 1.93. The lowest BCUT2D eigenvalue weighted by Crippen LogP contribution is -2.35. The number of rotatable bonds is 5. The fourth-order valence-electron chi connectivity index (χ4n) is 3.41. The molecule has 2 heterocycles. The van der Waals surface area contributed by atoms with E-state index in [1.165, 1.54) is 9.80 Å². The van der Waals surface area contributed by atoms with Crippen molar-refractivity contribution in [2.24, 2.45) is 0 Å². The molecule has 0 bridgehead atoms. The summed E-state index contributed by atoms with van der Waals surface area (Å²) in [7, 11) is 1.65. The topological polar surface area (TPSA) is 96.0 Å². The van der Waals surface area contributed by atoms with Crippen LogP contribution in [0.4, 0.5) is 11.4 Å². The van der Waals surface area contributed by atoms with Gasteiger partial charge < -0.3 is 15.0 Å². The van der Waals surface area contributed by atoms with E-state index >= 15 is 0 Å². The molecule has 0 aromatic heterocycles. The highest BCUT2D eigenvalue weighted by molar-refractivity contribution is 6.21. The number of anilines is 2. The lowest BCUT2D eigenvalue weighted by molar-refractivity contribution is -0.121. The van der Waals surface area contributed by atoms with Crippen molar-refractivity contribution in [1.29, 1.82) is 0 Å². The van der Waals surface area contributed by atoms with Gasteiger partial charge in [-0.15, -0.1) is 0 Å². The Balaban J connectivity index is 1.33. The molecule has 0 atom stereocenters. The van der Waals surface area contributed by atoms with Crippen LogP contribution < -0.4 is 15.0 Å². The van der Waals surface area contributed by atoms with E-state index in [0.717, 1.165) is 0 Å². The van der Waals surface area contributed by atoms with Crippen molar-refractivity contribution in [1.82, 2.24) is 4.90 Å². The van der Waals surface area contributed by atoms with Gasteiger partial charge >= 0.3 is 0 Å². The first-order valence-electron chi connectivity index (χ1n) is 9.24. The Hall–Kier alpha value is -3.68. The summed E-state index contributed by atoms with van der Waals surface area (Å²) in [5, 5.41) is 2.77. The first-order chi connectivity index (χ1) is 14.0. The average molecular weight is 393 g/mol. The molecule has 0 fully saturated rings. The Morgan fingerprint density at radius 2 is 1.76 bits per heavy atom. The van der Waals surface area contributed by atoms with Crippen molar-refractivity contribution in [2.75, 3.05) is 30.4 Å². The number of hydrogen-bond acceptors (Lipinski definition) is 5. The zero-order valence-corrected chi connectivity index (χ0v) is 15.8. The second-order valence-corrected chi connectivity index (χ2v) is 6.88. The second-order valence-electron chi connectivity index (χ2n) is 6.88. The van der Waals surface area contributed by atoms with Crippen LogP contribution in [0.3, 0.4) is 0 Å². The summed E-state index contributed by atoms with van der Waals surface area (Å²) in [6, 6.07) is 11.8. The summed E-state index contributed by atoms with van der Waals surface area (Å²) in [5.74, 6) is -0.480. The normalized spacial score (nSPS) is 15.1. The molecule has 4 amide bonds. The van der Waals surface area contributed by atoms with E-state index in [4.69, 9.17) is 4.74 Å². The number of amides is 4. The van der Waals surface area contributed by atoms with Crippen molar-refractivity contribution in [3.8, 4) is 5.75 Å². The van der Waals surface area contributed by atoms with Gasteiger partial charge in [-0.2, -0.15) is 0 Å². The van der Waals surface area contributed by atoms with E-state index in [9.17, 15) is 19.2 Å². The fraction of sp³-hybridized carbons (Fsp3) is 0.238. The summed E-state index contributed by atoms with van der Waals surface area (Å²) < 4.78 is 5.36. The molecule has 0 saturated heterocycles. The summed E-state index contributed by atoms with van der Waals surface area (Å²) >= 11 is 0. The third-order valence-electron chi connectivity index (χ3n) is 4.99. The number of hydrogen-bond donors (Lipinski definition) is 1. The molecule has 0 saturated carbocycles. The van der Waals surface area contributed by atoms with Gasteiger partial charge in [-0.1, -0.05) is 12.1 Å². The monoisotopic (exact) mass is 393 g/mol. The highest BCUT2D eigenvalue weighted by Gasteiger charge is 2.34. The molecule has 2 aliphatic rings. The van der Waals surface area contributed by atoms with Crippen LogP contribution >= 0.6 is 0 Å². The molecule has 1 N–H and O–H groups in total. The third kappa shape index (κ3) is 3.44. The molecule has 0 aliphatic carbocycles. The van der Waals surface area contributed by atoms with E-state index in [-0.39, 0.29) is 43.2 Å². The third-order valence-corrected chi connectivity index (χ3v) is 4.99. The number of fused-ring (bicyclic) bond motifs is 2. The van der Waals surface area contributed by atoms with Crippen molar-refractivity contribution >= 4 is 35.0 Å². The molecule has 2 aliphatic heterocycles. The Labute approximate surface area is 167 Å². The summed E-state index contributed by atoms with van der Waals surface area (Å²) in [6.45, 7) is 0.169. The van der Waals surface area contributed by atoms with Crippen molar-refractivity contribution < 1.29 is 23.9 Å². The number of benzene rings is 2. The zero-order valence-electron chi connectivity index (χ0n) is 15.8. The lowest BCUT2D eigenvalue weighted by atomic mass is 10.1. The van der Waals surface area contributed by atoms with Crippen LogP contribution in [0, 0.1) is 0 Å². The molecule has 29 heavy (non-hydrogen) atoms. The number of carbonyl (C=O) groups is 4. The SMILES string of the molecule is CN1C(=O)COc2ccc(NC(=O)CCCN3C(=O)c4ccccc4C3=O)cc21. The molecule has 4 rings (SSSR count). The number of carbonyl (C=O) groups excluding carboxylic acids is 4.